The summed E-state index contributed by atoms with van der Waals surface area (Å²) in [5, 5.41) is 14.3. The second kappa shape index (κ2) is 6.59. The van der Waals surface area contributed by atoms with Gasteiger partial charge in [0.15, 0.2) is 11.5 Å². The fourth-order valence-electron chi connectivity index (χ4n) is 3.23. The van der Waals surface area contributed by atoms with Crippen LogP contribution in [0, 0.1) is 0 Å². The van der Waals surface area contributed by atoms with Gasteiger partial charge in [0.2, 0.25) is 0 Å². The molecule has 0 aromatic carbocycles. The lowest BCUT2D eigenvalue weighted by molar-refractivity contribution is -0.141. The number of nitrogens with one attached hydrogen (secondary N) is 1. The summed E-state index contributed by atoms with van der Waals surface area (Å²) in [6.45, 7) is 2.00. The first kappa shape index (κ1) is 18.4. The summed E-state index contributed by atoms with van der Waals surface area (Å²) in [6, 6.07) is 2.41. The van der Waals surface area contributed by atoms with Crippen LogP contribution in [0.1, 0.15) is 40.4 Å². The molecule has 8 nitrogen and oxygen atoms in total. The van der Waals surface area contributed by atoms with E-state index in [1.165, 1.54) is 11.0 Å². The summed E-state index contributed by atoms with van der Waals surface area (Å²) in [5.74, 6) is -0.0573. The lowest BCUT2D eigenvalue weighted by Crippen LogP contribution is -2.39. The van der Waals surface area contributed by atoms with Gasteiger partial charge in [-0.15, -0.1) is 5.10 Å². The summed E-state index contributed by atoms with van der Waals surface area (Å²) in [5.41, 5.74) is -0.182. The van der Waals surface area contributed by atoms with Crippen LogP contribution < -0.4 is 0 Å². The van der Waals surface area contributed by atoms with Crippen LogP contribution in [-0.2, 0) is 12.6 Å². The number of pyridine rings is 1. The Morgan fingerprint density at radius 2 is 2.14 bits per heavy atom. The number of nitrogens with zero attached hydrogens (tertiary/aromatic N) is 6. The topological polar surface area (TPSA) is 92.6 Å². The number of rotatable bonds is 2. The molecule has 1 aliphatic heterocycles. The number of halogens is 4. The summed E-state index contributed by atoms with van der Waals surface area (Å²) < 4.78 is 40.7. The Hall–Kier alpha value is -2.95. The average molecular weight is 412 g/mol. The molecule has 0 saturated carbocycles. The van der Waals surface area contributed by atoms with Crippen LogP contribution in [0.4, 0.5) is 13.2 Å². The first-order chi connectivity index (χ1) is 13.3. The predicted octanol–water partition coefficient (Wildman–Crippen LogP) is 2.82. The van der Waals surface area contributed by atoms with E-state index in [0.717, 1.165) is 11.9 Å². The van der Waals surface area contributed by atoms with Gasteiger partial charge in [0.05, 0.1) is 22.3 Å². The fourth-order valence-corrected chi connectivity index (χ4v) is 3.53. The zero-order chi connectivity index (χ0) is 20.1. The van der Waals surface area contributed by atoms with E-state index in [0.29, 0.717) is 17.9 Å². The van der Waals surface area contributed by atoms with Gasteiger partial charge < -0.3 is 4.90 Å². The molecule has 1 atom stereocenters. The van der Waals surface area contributed by atoms with Crippen molar-refractivity contribution in [3.05, 3.63) is 52.2 Å². The fraction of sp³-hybridized carbons (Fsp3) is 0.312. The molecule has 3 aromatic heterocycles. The molecule has 1 aliphatic rings. The molecule has 0 radical (unpaired) electrons. The molecule has 0 aliphatic carbocycles. The third-order valence-electron chi connectivity index (χ3n) is 4.60. The number of fused-ring (bicyclic) bond motifs is 1. The van der Waals surface area contributed by atoms with Gasteiger partial charge >= 0.3 is 6.18 Å². The molecular formula is C16H13ClF3N7O. The van der Waals surface area contributed by atoms with Crippen LogP contribution in [0.15, 0.2) is 24.5 Å². The van der Waals surface area contributed by atoms with Crippen LogP contribution >= 0.6 is 11.6 Å². The molecule has 28 heavy (non-hydrogen) atoms. The smallest absolute Gasteiger partial charge is 0.330 e. The number of amides is 1. The number of hydrogen-bond donors (Lipinski definition) is 1. The van der Waals surface area contributed by atoms with E-state index in [4.69, 9.17) is 11.6 Å². The summed E-state index contributed by atoms with van der Waals surface area (Å²) in [4.78, 5) is 17.6. The first-order valence-electron chi connectivity index (χ1n) is 8.26. The molecule has 0 saturated heterocycles. The summed E-state index contributed by atoms with van der Waals surface area (Å²) in [6.07, 6.45) is -1.76. The van der Waals surface area contributed by atoms with Crippen molar-refractivity contribution in [1.29, 1.82) is 0 Å². The quantitative estimate of drug-likeness (QED) is 0.700. The monoisotopic (exact) mass is 411 g/mol. The second-order valence-electron chi connectivity index (χ2n) is 6.21. The van der Waals surface area contributed by atoms with Crippen molar-refractivity contribution >= 4 is 17.5 Å². The van der Waals surface area contributed by atoms with Crippen LogP contribution in [0.2, 0.25) is 5.02 Å². The third kappa shape index (κ3) is 2.91. The highest BCUT2D eigenvalue weighted by Crippen LogP contribution is 2.36. The molecule has 3 aromatic rings. The summed E-state index contributed by atoms with van der Waals surface area (Å²) >= 11 is 5.85. The van der Waals surface area contributed by atoms with E-state index in [2.05, 4.69) is 25.5 Å². The minimum atomic E-state index is -4.75. The van der Waals surface area contributed by atoms with Crippen LogP contribution in [-0.4, -0.2) is 47.5 Å². The predicted molar refractivity (Wildman–Crippen MR) is 90.9 cm³/mol. The number of H-pyrrole nitrogens is 1. The Bertz CT molecular complexity index is 1030. The number of alkyl halides is 3. The molecule has 4 rings (SSSR count). The minimum absolute atomic E-state index is 0.251. The Kier molecular flexibility index (Phi) is 4.33. The zero-order valence-corrected chi connectivity index (χ0v) is 15.2. The average Bonchev–Trinajstić information content (AvgIpc) is 3.30. The number of hydrogen-bond acceptors (Lipinski definition) is 5. The molecule has 1 amide bonds. The highest BCUT2D eigenvalue weighted by Gasteiger charge is 2.39. The maximum absolute atomic E-state index is 13.0. The molecule has 146 valence electrons. The minimum Gasteiger partial charge on any atom is -0.330 e. The standard InChI is InChI=1S/C16H13ClF3N7O/c1-8-13-10(27(25-24-13)11-3-6-22-23-11)4-7-26(8)15(28)9-2-5-21-14(12(9)17)16(18,19)20/h2-3,5-6,8H,4,7H2,1H3,(H,22,23)/t8-/m0/s1. The Morgan fingerprint density at radius 1 is 1.36 bits per heavy atom. The Labute approximate surface area is 161 Å². The van der Waals surface area contributed by atoms with Gasteiger partial charge in [-0.1, -0.05) is 16.8 Å². The van der Waals surface area contributed by atoms with Crippen molar-refractivity contribution in [1.82, 2.24) is 35.1 Å². The maximum Gasteiger partial charge on any atom is 0.434 e. The van der Waals surface area contributed by atoms with E-state index in [-0.39, 0.29) is 12.1 Å². The number of carbonyl (C=O) groups excluding carboxylic acids is 1. The van der Waals surface area contributed by atoms with Gasteiger partial charge in [-0.05, 0) is 13.0 Å². The van der Waals surface area contributed by atoms with Crippen molar-refractivity contribution in [2.24, 2.45) is 0 Å². The van der Waals surface area contributed by atoms with Crippen molar-refractivity contribution in [2.45, 2.75) is 25.6 Å². The SMILES string of the molecule is C[C@H]1c2nnn(-c3cc[nH]n3)c2CCN1C(=O)c1ccnc(C(F)(F)F)c1Cl. The van der Waals surface area contributed by atoms with Crippen molar-refractivity contribution in [3.63, 3.8) is 0 Å². The van der Waals surface area contributed by atoms with E-state index in [1.807, 2.05) is 0 Å². The van der Waals surface area contributed by atoms with Crippen molar-refractivity contribution in [2.75, 3.05) is 6.54 Å². The van der Waals surface area contributed by atoms with Gasteiger partial charge in [0.1, 0.15) is 5.69 Å². The second-order valence-corrected chi connectivity index (χ2v) is 6.59. The molecule has 0 fully saturated rings. The Morgan fingerprint density at radius 3 is 2.82 bits per heavy atom. The Balaban J connectivity index is 1.67. The van der Waals surface area contributed by atoms with Gasteiger partial charge in [-0.2, -0.15) is 23.0 Å². The van der Waals surface area contributed by atoms with Gasteiger partial charge in [0.25, 0.3) is 5.91 Å². The molecule has 0 spiro atoms. The lowest BCUT2D eigenvalue weighted by atomic mass is 10.0. The molecule has 12 heteroatoms. The van der Waals surface area contributed by atoms with E-state index in [1.54, 1.807) is 23.9 Å². The number of carbonyl (C=O) groups is 1. The number of aromatic amines is 1. The molecule has 1 N–H and O–H groups in total. The number of aromatic nitrogens is 6. The van der Waals surface area contributed by atoms with Crippen LogP contribution in [0.5, 0.6) is 0 Å². The van der Waals surface area contributed by atoms with E-state index < -0.39 is 28.8 Å². The van der Waals surface area contributed by atoms with E-state index in [9.17, 15) is 18.0 Å². The molecule has 0 bridgehead atoms. The first-order valence-corrected chi connectivity index (χ1v) is 8.64. The molecule has 0 unspecified atom stereocenters. The van der Waals surface area contributed by atoms with E-state index >= 15 is 0 Å². The van der Waals surface area contributed by atoms with Crippen LogP contribution in [0.25, 0.3) is 5.82 Å². The third-order valence-corrected chi connectivity index (χ3v) is 4.98. The van der Waals surface area contributed by atoms with Crippen molar-refractivity contribution in [3.8, 4) is 5.82 Å². The van der Waals surface area contributed by atoms with Gasteiger partial charge in [-0.3, -0.25) is 14.9 Å². The maximum atomic E-state index is 13.0. The summed E-state index contributed by atoms with van der Waals surface area (Å²) in [7, 11) is 0. The lowest BCUT2D eigenvalue weighted by Gasteiger charge is -2.32. The van der Waals surface area contributed by atoms with Crippen molar-refractivity contribution < 1.29 is 18.0 Å². The zero-order valence-electron chi connectivity index (χ0n) is 14.4. The highest BCUT2D eigenvalue weighted by atomic mass is 35.5. The molecular weight excluding hydrogens is 399 g/mol. The van der Waals surface area contributed by atoms with Crippen LogP contribution in [0.3, 0.4) is 0 Å². The highest BCUT2D eigenvalue weighted by molar-refractivity contribution is 6.34. The normalized spacial score (nSPS) is 16.9. The molecule has 4 heterocycles. The van der Waals surface area contributed by atoms with Gasteiger partial charge in [0, 0.05) is 31.4 Å². The van der Waals surface area contributed by atoms with Gasteiger partial charge in [-0.25, -0.2) is 0 Å². The largest absolute Gasteiger partial charge is 0.434 e.